The summed E-state index contributed by atoms with van der Waals surface area (Å²) >= 11 is 0. The van der Waals surface area contributed by atoms with E-state index < -0.39 is 29.5 Å². The largest absolute Gasteiger partial charge is 0.475 e. The van der Waals surface area contributed by atoms with Crippen molar-refractivity contribution < 1.29 is 27.4 Å². The number of ether oxygens (including phenoxy) is 2. The van der Waals surface area contributed by atoms with E-state index in [-0.39, 0.29) is 30.7 Å². The number of carbonyl (C=O) groups excluding carboxylic acids is 1. The lowest BCUT2D eigenvalue weighted by Gasteiger charge is -2.35. The lowest BCUT2D eigenvalue weighted by molar-refractivity contribution is -0.147. The summed E-state index contributed by atoms with van der Waals surface area (Å²) < 4.78 is 53.4. The number of carbonyl (C=O) groups is 1. The molecule has 1 aliphatic heterocycles. The normalized spacial score (nSPS) is 18.2. The number of alkyl halides is 3. The molecule has 0 amide bonds. The van der Waals surface area contributed by atoms with Crippen molar-refractivity contribution in [3.63, 3.8) is 0 Å². The van der Waals surface area contributed by atoms with Gasteiger partial charge in [-0.25, -0.2) is 4.98 Å². The number of pyridine rings is 1. The second kappa shape index (κ2) is 9.91. The fourth-order valence-electron chi connectivity index (χ4n) is 4.06. The minimum atomic E-state index is -4.62. The van der Waals surface area contributed by atoms with Gasteiger partial charge < -0.3 is 14.4 Å². The van der Waals surface area contributed by atoms with Crippen molar-refractivity contribution in [2.75, 3.05) is 27.2 Å². The van der Waals surface area contributed by atoms with Gasteiger partial charge in [0.2, 0.25) is 5.88 Å². The van der Waals surface area contributed by atoms with Crippen LogP contribution in [0.1, 0.15) is 43.4 Å². The second-order valence-corrected chi connectivity index (χ2v) is 8.35. The summed E-state index contributed by atoms with van der Waals surface area (Å²) in [6.45, 7) is 5.62. The van der Waals surface area contributed by atoms with E-state index >= 15 is 0 Å². The summed E-state index contributed by atoms with van der Waals surface area (Å²) in [5.74, 6) is -2.58. The van der Waals surface area contributed by atoms with Crippen LogP contribution in [0, 0.1) is 5.92 Å². The standard InChI is InChI=1S/C24H28F3N3O3/c1-6-32-23(31)21-18(13-30(4)5)29-17-11-12-28-22(33-14(2)3)20(17)19(21)15-9-7-8-10-16(15)24(25,26)27/h7-12,14,19,21H,6,13H2,1-5H3. The molecular weight excluding hydrogens is 435 g/mol. The minimum absolute atomic E-state index is 0.0444. The maximum absolute atomic E-state index is 14.1. The molecule has 3 rings (SSSR count). The van der Waals surface area contributed by atoms with Gasteiger partial charge in [-0.15, -0.1) is 0 Å². The van der Waals surface area contributed by atoms with Crippen LogP contribution in [0.3, 0.4) is 0 Å². The zero-order chi connectivity index (χ0) is 24.3. The van der Waals surface area contributed by atoms with Gasteiger partial charge in [-0.1, -0.05) is 18.2 Å². The van der Waals surface area contributed by atoms with E-state index in [2.05, 4.69) is 9.98 Å². The average Bonchev–Trinajstić information content (AvgIpc) is 2.71. The molecule has 0 fully saturated rings. The summed E-state index contributed by atoms with van der Waals surface area (Å²) in [7, 11) is 3.61. The Morgan fingerprint density at radius 1 is 1.18 bits per heavy atom. The van der Waals surface area contributed by atoms with E-state index in [1.54, 1.807) is 40.9 Å². The summed E-state index contributed by atoms with van der Waals surface area (Å²) in [6.07, 6.45) is -3.39. The van der Waals surface area contributed by atoms with Crippen LogP contribution in [-0.2, 0) is 15.7 Å². The summed E-state index contributed by atoms with van der Waals surface area (Å²) in [5.41, 5.74) is 0.343. The third-order valence-corrected chi connectivity index (χ3v) is 5.17. The lowest BCUT2D eigenvalue weighted by atomic mass is 9.74. The number of hydrogen-bond acceptors (Lipinski definition) is 6. The quantitative estimate of drug-likeness (QED) is 0.550. The van der Waals surface area contributed by atoms with Gasteiger partial charge in [0.15, 0.2) is 0 Å². The Morgan fingerprint density at radius 3 is 2.48 bits per heavy atom. The van der Waals surface area contributed by atoms with Crippen LogP contribution < -0.4 is 4.74 Å². The predicted octanol–water partition coefficient (Wildman–Crippen LogP) is 4.85. The van der Waals surface area contributed by atoms with Crippen molar-refractivity contribution in [2.24, 2.45) is 10.9 Å². The SMILES string of the molecule is CCOC(=O)C1C(CN(C)C)=Nc2ccnc(OC(C)C)c2C1c1ccccc1C(F)(F)F. The first-order chi connectivity index (χ1) is 15.5. The Bertz CT molecular complexity index is 1040. The number of esters is 1. The van der Waals surface area contributed by atoms with Crippen LogP contribution in [0.25, 0.3) is 0 Å². The Kier molecular flexibility index (Phi) is 7.41. The van der Waals surface area contributed by atoms with Gasteiger partial charge in [-0.3, -0.25) is 9.79 Å². The van der Waals surface area contributed by atoms with Crippen molar-refractivity contribution in [3.8, 4) is 5.88 Å². The fourth-order valence-corrected chi connectivity index (χ4v) is 4.06. The van der Waals surface area contributed by atoms with E-state index in [1.807, 2.05) is 4.90 Å². The number of aliphatic imine (C=N–C) groups is 1. The average molecular weight is 464 g/mol. The fraction of sp³-hybridized carbons (Fsp3) is 0.458. The molecule has 0 bridgehead atoms. The molecule has 0 aliphatic carbocycles. The Hall–Kier alpha value is -2.94. The second-order valence-electron chi connectivity index (χ2n) is 8.35. The first-order valence-electron chi connectivity index (χ1n) is 10.7. The van der Waals surface area contributed by atoms with E-state index in [1.165, 1.54) is 24.4 Å². The molecule has 6 nitrogen and oxygen atoms in total. The Balaban J connectivity index is 2.36. The van der Waals surface area contributed by atoms with Gasteiger partial charge >= 0.3 is 12.1 Å². The van der Waals surface area contributed by atoms with Gasteiger partial charge in [0.25, 0.3) is 0 Å². The molecule has 33 heavy (non-hydrogen) atoms. The number of nitrogens with zero attached hydrogens (tertiary/aromatic N) is 3. The number of halogens is 3. The molecule has 0 spiro atoms. The Labute approximate surface area is 191 Å². The third-order valence-electron chi connectivity index (χ3n) is 5.17. The molecule has 1 aliphatic rings. The lowest BCUT2D eigenvalue weighted by Crippen LogP contribution is -2.40. The van der Waals surface area contributed by atoms with Crippen molar-refractivity contribution in [3.05, 3.63) is 53.2 Å². The molecule has 0 saturated heterocycles. The highest BCUT2D eigenvalue weighted by atomic mass is 19.4. The summed E-state index contributed by atoms with van der Waals surface area (Å²) in [5, 5.41) is 0. The zero-order valence-corrected chi connectivity index (χ0v) is 19.3. The van der Waals surface area contributed by atoms with Crippen molar-refractivity contribution in [2.45, 2.75) is 39.0 Å². The van der Waals surface area contributed by atoms with Crippen LogP contribution in [0.2, 0.25) is 0 Å². The summed E-state index contributed by atoms with van der Waals surface area (Å²) in [6, 6.07) is 6.91. The highest BCUT2D eigenvalue weighted by Crippen LogP contribution is 2.49. The number of hydrogen-bond donors (Lipinski definition) is 0. The number of aromatic nitrogens is 1. The first kappa shape index (κ1) is 24.7. The van der Waals surface area contributed by atoms with Crippen LogP contribution in [0.4, 0.5) is 18.9 Å². The minimum Gasteiger partial charge on any atom is -0.475 e. The maximum Gasteiger partial charge on any atom is 0.416 e. The first-order valence-corrected chi connectivity index (χ1v) is 10.7. The molecule has 178 valence electrons. The van der Waals surface area contributed by atoms with Gasteiger partial charge in [0.05, 0.1) is 24.0 Å². The molecule has 1 aromatic carbocycles. The van der Waals surface area contributed by atoms with Crippen LogP contribution in [0.5, 0.6) is 5.88 Å². The topological polar surface area (TPSA) is 64.0 Å². The predicted molar refractivity (Wildman–Crippen MR) is 119 cm³/mol. The molecule has 0 radical (unpaired) electrons. The molecule has 0 saturated carbocycles. The van der Waals surface area contributed by atoms with Crippen molar-refractivity contribution >= 4 is 17.4 Å². The highest BCUT2D eigenvalue weighted by molar-refractivity contribution is 6.07. The van der Waals surface area contributed by atoms with Crippen molar-refractivity contribution in [1.82, 2.24) is 9.88 Å². The van der Waals surface area contributed by atoms with Crippen LogP contribution in [0.15, 0.2) is 41.5 Å². The zero-order valence-electron chi connectivity index (χ0n) is 19.3. The van der Waals surface area contributed by atoms with Gasteiger partial charge in [0.1, 0.15) is 5.92 Å². The smallest absolute Gasteiger partial charge is 0.416 e. The Morgan fingerprint density at radius 2 is 1.88 bits per heavy atom. The van der Waals surface area contributed by atoms with E-state index in [9.17, 15) is 18.0 Å². The van der Waals surface area contributed by atoms with Crippen LogP contribution in [-0.4, -0.2) is 54.9 Å². The van der Waals surface area contributed by atoms with Crippen molar-refractivity contribution in [1.29, 1.82) is 0 Å². The monoisotopic (exact) mass is 463 g/mol. The number of fused-ring (bicyclic) bond motifs is 1. The van der Waals surface area contributed by atoms with Gasteiger partial charge in [0, 0.05) is 29.9 Å². The molecule has 2 atom stereocenters. The molecule has 1 aromatic heterocycles. The molecule has 2 unspecified atom stereocenters. The highest BCUT2D eigenvalue weighted by Gasteiger charge is 2.46. The summed E-state index contributed by atoms with van der Waals surface area (Å²) in [4.78, 5) is 24.0. The molecule has 9 heteroatoms. The maximum atomic E-state index is 14.1. The van der Waals surface area contributed by atoms with E-state index in [0.29, 0.717) is 17.0 Å². The molecule has 2 heterocycles. The van der Waals surface area contributed by atoms with Gasteiger partial charge in [-0.05, 0) is 52.6 Å². The van der Waals surface area contributed by atoms with E-state index in [4.69, 9.17) is 9.47 Å². The molecule has 0 N–H and O–H groups in total. The molecule has 2 aromatic rings. The number of benzene rings is 1. The molecular formula is C24H28F3N3O3. The third kappa shape index (κ3) is 5.35. The number of rotatable bonds is 7. The van der Waals surface area contributed by atoms with Crippen LogP contribution >= 0.6 is 0 Å². The van der Waals surface area contributed by atoms with E-state index in [0.717, 1.165) is 6.07 Å². The van der Waals surface area contributed by atoms with Gasteiger partial charge in [-0.2, -0.15) is 13.2 Å².